The van der Waals surface area contributed by atoms with Crippen molar-refractivity contribution in [3.63, 3.8) is 0 Å². The number of anilines is 2. The lowest BCUT2D eigenvalue weighted by Crippen LogP contribution is -2.36. The second kappa shape index (κ2) is 7.66. The molecule has 1 fully saturated rings. The van der Waals surface area contributed by atoms with E-state index < -0.39 is 0 Å². The highest BCUT2D eigenvalue weighted by Crippen LogP contribution is 2.30. The summed E-state index contributed by atoms with van der Waals surface area (Å²) in [4.78, 5) is 14.5. The maximum atomic E-state index is 12.2. The topological polar surface area (TPSA) is 54.7 Å². The second-order valence-corrected chi connectivity index (χ2v) is 6.30. The van der Waals surface area contributed by atoms with Gasteiger partial charge in [0, 0.05) is 30.4 Å². The molecule has 0 saturated carbocycles. The molecule has 23 heavy (non-hydrogen) atoms. The molecule has 0 aliphatic carbocycles. The van der Waals surface area contributed by atoms with Crippen molar-refractivity contribution in [2.45, 2.75) is 12.8 Å². The van der Waals surface area contributed by atoms with Gasteiger partial charge in [-0.2, -0.15) is 0 Å². The van der Waals surface area contributed by atoms with E-state index in [-0.39, 0.29) is 5.91 Å². The Morgan fingerprint density at radius 3 is 2.83 bits per heavy atom. The molecule has 1 aliphatic rings. The SMILES string of the molecule is O=C(CCc1ccco1)Nc1cc(Br)ccc1N1CCOCC1. The Balaban J connectivity index is 1.67. The first-order chi connectivity index (χ1) is 11.2. The molecule has 2 aromatic rings. The van der Waals surface area contributed by atoms with Crippen LogP contribution in [0.1, 0.15) is 12.2 Å². The van der Waals surface area contributed by atoms with Crippen LogP contribution in [-0.2, 0) is 16.0 Å². The zero-order valence-electron chi connectivity index (χ0n) is 12.8. The number of nitrogens with one attached hydrogen (secondary N) is 1. The summed E-state index contributed by atoms with van der Waals surface area (Å²) in [5.41, 5.74) is 1.86. The number of hydrogen-bond acceptors (Lipinski definition) is 4. The standard InChI is InChI=1S/C17H19BrN2O3/c18-13-3-5-16(20-7-10-22-11-8-20)15(12-13)19-17(21)6-4-14-2-1-9-23-14/h1-3,5,9,12H,4,6-8,10-11H2,(H,19,21). The third-order valence-electron chi connectivity index (χ3n) is 3.76. The Morgan fingerprint density at radius 2 is 2.09 bits per heavy atom. The normalized spacial score (nSPS) is 14.7. The molecule has 1 aromatic carbocycles. The van der Waals surface area contributed by atoms with Gasteiger partial charge in [0.25, 0.3) is 0 Å². The quantitative estimate of drug-likeness (QED) is 0.865. The fourth-order valence-electron chi connectivity index (χ4n) is 2.59. The molecule has 1 N–H and O–H groups in total. The van der Waals surface area contributed by atoms with Crippen LogP contribution < -0.4 is 10.2 Å². The molecule has 6 heteroatoms. The highest BCUT2D eigenvalue weighted by molar-refractivity contribution is 9.10. The monoisotopic (exact) mass is 378 g/mol. The van der Waals surface area contributed by atoms with Gasteiger partial charge in [0.05, 0.1) is 30.9 Å². The van der Waals surface area contributed by atoms with Crippen molar-refractivity contribution in [1.29, 1.82) is 0 Å². The molecule has 3 rings (SSSR count). The van der Waals surface area contributed by atoms with Crippen molar-refractivity contribution in [2.24, 2.45) is 0 Å². The van der Waals surface area contributed by atoms with E-state index in [1.54, 1.807) is 6.26 Å². The number of nitrogens with zero attached hydrogens (tertiary/aromatic N) is 1. The summed E-state index contributed by atoms with van der Waals surface area (Å²) in [5.74, 6) is 0.803. The molecule has 1 amide bonds. The van der Waals surface area contributed by atoms with Gasteiger partial charge in [0.15, 0.2) is 0 Å². The summed E-state index contributed by atoms with van der Waals surface area (Å²) in [6.07, 6.45) is 2.61. The van der Waals surface area contributed by atoms with E-state index >= 15 is 0 Å². The van der Waals surface area contributed by atoms with Crippen molar-refractivity contribution in [2.75, 3.05) is 36.5 Å². The smallest absolute Gasteiger partial charge is 0.224 e. The Morgan fingerprint density at radius 1 is 1.26 bits per heavy atom. The number of furan rings is 1. The van der Waals surface area contributed by atoms with Crippen LogP contribution in [0.4, 0.5) is 11.4 Å². The maximum absolute atomic E-state index is 12.2. The van der Waals surface area contributed by atoms with Crippen molar-refractivity contribution in [1.82, 2.24) is 0 Å². The maximum Gasteiger partial charge on any atom is 0.224 e. The largest absolute Gasteiger partial charge is 0.469 e. The number of carbonyl (C=O) groups is 1. The number of rotatable bonds is 5. The number of ether oxygens (including phenoxy) is 1. The van der Waals surface area contributed by atoms with Crippen LogP contribution in [0.3, 0.4) is 0 Å². The molecule has 0 radical (unpaired) electrons. The van der Waals surface area contributed by atoms with Crippen LogP contribution in [-0.4, -0.2) is 32.2 Å². The number of amides is 1. The summed E-state index contributed by atoms with van der Waals surface area (Å²) >= 11 is 3.47. The molecule has 0 unspecified atom stereocenters. The van der Waals surface area contributed by atoms with Gasteiger partial charge in [0.2, 0.25) is 5.91 Å². The van der Waals surface area contributed by atoms with Crippen molar-refractivity contribution in [3.05, 3.63) is 46.8 Å². The van der Waals surface area contributed by atoms with E-state index in [9.17, 15) is 4.79 Å². The number of aryl methyl sites for hydroxylation is 1. The Hall–Kier alpha value is -1.79. The fourth-order valence-corrected chi connectivity index (χ4v) is 2.95. The average molecular weight is 379 g/mol. The molecular formula is C17H19BrN2O3. The molecule has 122 valence electrons. The third-order valence-corrected chi connectivity index (χ3v) is 4.26. The Bertz CT molecular complexity index is 652. The Labute approximate surface area is 143 Å². The van der Waals surface area contributed by atoms with Gasteiger partial charge >= 0.3 is 0 Å². The second-order valence-electron chi connectivity index (χ2n) is 5.39. The molecule has 1 saturated heterocycles. The van der Waals surface area contributed by atoms with Crippen LogP contribution in [0.5, 0.6) is 0 Å². The lowest BCUT2D eigenvalue weighted by atomic mass is 10.2. The summed E-state index contributed by atoms with van der Waals surface area (Å²) in [5, 5.41) is 3.02. The van der Waals surface area contributed by atoms with Gasteiger partial charge in [0.1, 0.15) is 5.76 Å². The molecule has 1 aliphatic heterocycles. The number of halogens is 1. The van der Waals surface area contributed by atoms with Crippen LogP contribution >= 0.6 is 15.9 Å². The molecule has 0 bridgehead atoms. The van der Waals surface area contributed by atoms with E-state index in [1.165, 1.54) is 0 Å². The van der Waals surface area contributed by atoms with Crippen LogP contribution in [0.25, 0.3) is 0 Å². The van der Waals surface area contributed by atoms with Crippen molar-refractivity contribution < 1.29 is 13.9 Å². The predicted molar refractivity (Wildman–Crippen MR) is 92.8 cm³/mol. The average Bonchev–Trinajstić information content (AvgIpc) is 3.07. The fraction of sp³-hybridized carbons (Fsp3) is 0.353. The zero-order valence-corrected chi connectivity index (χ0v) is 14.3. The summed E-state index contributed by atoms with van der Waals surface area (Å²) < 4.78 is 11.6. The number of carbonyl (C=O) groups excluding carboxylic acids is 1. The molecule has 1 aromatic heterocycles. The van der Waals surface area contributed by atoms with Gasteiger partial charge in [-0.1, -0.05) is 15.9 Å². The van der Waals surface area contributed by atoms with E-state index in [1.807, 2.05) is 30.3 Å². The van der Waals surface area contributed by atoms with Gasteiger partial charge in [-0.3, -0.25) is 4.79 Å². The van der Waals surface area contributed by atoms with E-state index in [0.29, 0.717) is 26.1 Å². The van der Waals surface area contributed by atoms with Crippen molar-refractivity contribution >= 4 is 33.2 Å². The third kappa shape index (κ3) is 4.36. The van der Waals surface area contributed by atoms with Crippen LogP contribution in [0.15, 0.2) is 45.5 Å². The predicted octanol–water partition coefficient (Wildman–Crippen LogP) is 3.45. The minimum Gasteiger partial charge on any atom is -0.469 e. The zero-order chi connectivity index (χ0) is 16.1. The van der Waals surface area contributed by atoms with E-state index in [0.717, 1.165) is 34.7 Å². The minimum atomic E-state index is -0.0194. The van der Waals surface area contributed by atoms with Gasteiger partial charge in [-0.25, -0.2) is 0 Å². The van der Waals surface area contributed by atoms with Gasteiger partial charge < -0.3 is 19.4 Å². The molecule has 2 heterocycles. The first-order valence-corrected chi connectivity index (χ1v) is 8.46. The van der Waals surface area contributed by atoms with Crippen LogP contribution in [0.2, 0.25) is 0 Å². The number of hydrogen-bond donors (Lipinski definition) is 1. The lowest BCUT2D eigenvalue weighted by Gasteiger charge is -2.30. The minimum absolute atomic E-state index is 0.0194. The van der Waals surface area contributed by atoms with Crippen LogP contribution in [0, 0.1) is 0 Å². The summed E-state index contributed by atoms with van der Waals surface area (Å²) in [7, 11) is 0. The van der Waals surface area contributed by atoms with E-state index in [4.69, 9.17) is 9.15 Å². The number of morpholine rings is 1. The Kier molecular flexibility index (Phi) is 5.35. The molecule has 0 spiro atoms. The highest BCUT2D eigenvalue weighted by Gasteiger charge is 2.16. The highest BCUT2D eigenvalue weighted by atomic mass is 79.9. The van der Waals surface area contributed by atoms with Crippen molar-refractivity contribution in [3.8, 4) is 0 Å². The first kappa shape index (κ1) is 16.1. The number of benzene rings is 1. The molecular weight excluding hydrogens is 360 g/mol. The molecule has 0 atom stereocenters. The summed E-state index contributed by atoms with van der Waals surface area (Å²) in [6, 6.07) is 9.67. The molecule has 5 nitrogen and oxygen atoms in total. The lowest BCUT2D eigenvalue weighted by molar-refractivity contribution is -0.116. The van der Waals surface area contributed by atoms with E-state index in [2.05, 4.69) is 26.1 Å². The van der Waals surface area contributed by atoms with Gasteiger partial charge in [-0.15, -0.1) is 0 Å². The summed E-state index contributed by atoms with van der Waals surface area (Å²) in [6.45, 7) is 3.08. The first-order valence-electron chi connectivity index (χ1n) is 7.67. The van der Waals surface area contributed by atoms with Gasteiger partial charge in [-0.05, 0) is 30.3 Å².